The Kier molecular flexibility index (Phi) is 5.69. The van der Waals surface area contributed by atoms with Crippen LogP contribution in [0, 0.1) is 0 Å². The number of nitrogens with zero attached hydrogens (tertiary/aromatic N) is 2. The number of rotatable bonds is 3. The van der Waals surface area contributed by atoms with Crippen molar-refractivity contribution in [2.45, 2.75) is 0 Å². The van der Waals surface area contributed by atoms with Crippen LogP contribution < -0.4 is 0 Å². The van der Waals surface area contributed by atoms with Crippen LogP contribution in [0.3, 0.4) is 0 Å². The van der Waals surface area contributed by atoms with Crippen LogP contribution in [0.25, 0.3) is 6.08 Å². The molecule has 1 amide bonds. The fraction of sp³-hybridized carbons (Fsp3) is 0.118. The summed E-state index contributed by atoms with van der Waals surface area (Å²) in [4.78, 5) is 30.5. The molecule has 1 aliphatic rings. The van der Waals surface area contributed by atoms with Crippen LogP contribution in [0.4, 0.5) is 5.69 Å². The summed E-state index contributed by atoms with van der Waals surface area (Å²) in [5.74, 6) is -0.0754. The van der Waals surface area contributed by atoms with E-state index in [0.717, 1.165) is 4.47 Å². The van der Waals surface area contributed by atoms with Crippen molar-refractivity contribution in [1.29, 1.82) is 0 Å². The lowest BCUT2D eigenvalue weighted by atomic mass is 10.2. The van der Waals surface area contributed by atoms with Crippen LogP contribution in [-0.4, -0.2) is 36.1 Å². The number of carbonyl (C=O) groups excluding carboxylic acids is 2. The number of thioether (sulfide) groups is 1. The molecule has 0 bridgehead atoms. The fourth-order valence-electron chi connectivity index (χ4n) is 2.15. The van der Waals surface area contributed by atoms with E-state index in [9.17, 15) is 9.59 Å². The molecule has 1 saturated heterocycles. The number of furan rings is 1. The number of likely N-dealkylation sites (N-methyl/N-ethyl adjacent to an activating group) is 1. The first-order chi connectivity index (χ1) is 12.4. The van der Waals surface area contributed by atoms with Gasteiger partial charge in [-0.25, -0.2) is 9.79 Å². The summed E-state index contributed by atoms with van der Waals surface area (Å²) in [7, 11) is 2.97. The van der Waals surface area contributed by atoms with E-state index < -0.39 is 5.97 Å². The average molecular weight is 500 g/mol. The predicted octanol–water partition coefficient (Wildman–Crippen LogP) is 4.83. The summed E-state index contributed by atoms with van der Waals surface area (Å²) >= 11 is 7.84. The highest BCUT2D eigenvalue weighted by atomic mass is 79.9. The van der Waals surface area contributed by atoms with Gasteiger partial charge in [-0.3, -0.25) is 9.69 Å². The molecule has 2 heterocycles. The van der Waals surface area contributed by atoms with Crippen LogP contribution in [0.5, 0.6) is 0 Å². The smallest absolute Gasteiger partial charge is 0.337 e. The minimum absolute atomic E-state index is 0.179. The molecule has 134 valence electrons. The Labute approximate surface area is 170 Å². The van der Waals surface area contributed by atoms with Gasteiger partial charge in [0.1, 0.15) is 5.76 Å². The van der Waals surface area contributed by atoms with Gasteiger partial charge in [0.15, 0.2) is 9.84 Å². The normalized spacial score (nSPS) is 17.4. The fourth-order valence-corrected chi connectivity index (χ4v) is 3.72. The molecule has 0 aliphatic carbocycles. The van der Waals surface area contributed by atoms with E-state index in [1.165, 1.54) is 23.8 Å². The molecule has 3 rings (SSSR count). The van der Waals surface area contributed by atoms with Crippen molar-refractivity contribution < 1.29 is 18.7 Å². The van der Waals surface area contributed by atoms with Crippen molar-refractivity contribution in [3.63, 3.8) is 0 Å². The molecule has 26 heavy (non-hydrogen) atoms. The number of methoxy groups -OCH3 is 1. The Bertz CT molecular complexity index is 932. The number of ether oxygens (including phenoxy) is 1. The standard InChI is InChI=1S/C17H12Br2N2O4S/c1-21-15(22)13(8-11-7-12(18)14(19)25-11)26-17(21)20-10-5-3-4-9(6-10)16(23)24-2/h3-8H,1-2H3. The quantitative estimate of drug-likeness (QED) is 0.447. The number of aliphatic imine (C=N–C) groups is 1. The molecular weight excluding hydrogens is 488 g/mol. The summed E-state index contributed by atoms with van der Waals surface area (Å²) in [5.41, 5.74) is 0.951. The van der Waals surface area contributed by atoms with Crippen LogP contribution in [0.15, 0.2) is 53.8 Å². The predicted molar refractivity (Wildman–Crippen MR) is 107 cm³/mol. The van der Waals surface area contributed by atoms with E-state index in [4.69, 9.17) is 9.15 Å². The molecule has 0 saturated carbocycles. The minimum atomic E-state index is -0.440. The van der Waals surface area contributed by atoms with Crippen LogP contribution in [0.1, 0.15) is 16.1 Å². The maximum Gasteiger partial charge on any atom is 0.337 e. The zero-order valence-corrected chi connectivity index (χ0v) is 17.6. The van der Waals surface area contributed by atoms with Gasteiger partial charge >= 0.3 is 5.97 Å². The Morgan fingerprint density at radius 2 is 2.12 bits per heavy atom. The average Bonchev–Trinajstić information content (AvgIpc) is 3.08. The molecule has 0 N–H and O–H groups in total. The number of carbonyl (C=O) groups is 2. The molecular formula is C17H12Br2N2O4S. The van der Waals surface area contributed by atoms with Crippen molar-refractivity contribution >= 4 is 72.4 Å². The molecule has 6 nitrogen and oxygen atoms in total. The van der Waals surface area contributed by atoms with Gasteiger partial charge in [-0.05, 0) is 67.9 Å². The topological polar surface area (TPSA) is 72.1 Å². The number of hydrogen-bond acceptors (Lipinski definition) is 6. The number of amides is 1. The third-order valence-corrected chi connectivity index (χ3v) is 6.20. The van der Waals surface area contributed by atoms with E-state index in [0.29, 0.717) is 31.8 Å². The second-order valence-corrected chi connectivity index (χ2v) is 7.77. The van der Waals surface area contributed by atoms with Crippen molar-refractivity contribution in [2.75, 3.05) is 14.2 Å². The first-order valence-corrected chi connectivity index (χ1v) is 9.69. The van der Waals surface area contributed by atoms with E-state index in [2.05, 4.69) is 36.9 Å². The van der Waals surface area contributed by atoms with Gasteiger partial charge in [0.05, 0.1) is 27.7 Å². The second kappa shape index (κ2) is 7.81. The number of benzene rings is 1. The maximum absolute atomic E-state index is 12.4. The van der Waals surface area contributed by atoms with Crippen molar-refractivity contribution in [3.05, 3.63) is 55.7 Å². The number of esters is 1. The van der Waals surface area contributed by atoms with Gasteiger partial charge in [-0.15, -0.1) is 0 Å². The Morgan fingerprint density at radius 1 is 1.35 bits per heavy atom. The van der Waals surface area contributed by atoms with Crippen molar-refractivity contribution in [1.82, 2.24) is 4.90 Å². The minimum Gasteiger partial charge on any atom is -0.465 e. The van der Waals surface area contributed by atoms with Gasteiger partial charge < -0.3 is 9.15 Å². The first kappa shape index (κ1) is 18.9. The highest BCUT2D eigenvalue weighted by Crippen LogP contribution is 2.35. The van der Waals surface area contributed by atoms with Gasteiger partial charge in [0.25, 0.3) is 5.91 Å². The molecule has 1 aliphatic heterocycles. The lowest BCUT2D eigenvalue weighted by Crippen LogP contribution is -2.23. The highest BCUT2D eigenvalue weighted by molar-refractivity contribution is 9.13. The van der Waals surface area contributed by atoms with Crippen molar-refractivity contribution in [2.24, 2.45) is 4.99 Å². The largest absolute Gasteiger partial charge is 0.465 e. The lowest BCUT2D eigenvalue weighted by Gasteiger charge is -2.07. The number of hydrogen-bond donors (Lipinski definition) is 0. The zero-order chi connectivity index (χ0) is 18.8. The van der Waals surface area contributed by atoms with Crippen LogP contribution in [-0.2, 0) is 9.53 Å². The van der Waals surface area contributed by atoms with Crippen LogP contribution >= 0.6 is 43.6 Å². The Morgan fingerprint density at radius 3 is 2.77 bits per heavy atom. The second-order valence-electron chi connectivity index (χ2n) is 5.18. The molecule has 1 aromatic carbocycles. The van der Waals surface area contributed by atoms with Crippen molar-refractivity contribution in [3.8, 4) is 0 Å². The van der Waals surface area contributed by atoms with E-state index >= 15 is 0 Å². The summed E-state index contributed by atoms with van der Waals surface area (Å²) in [6.07, 6.45) is 1.66. The van der Waals surface area contributed by atoms with Crippen LogP contribution in [0.2, 0.25) is 0 Å². The van der Waals surface area contributed by atoms with Gasteiger partial charge in [0, 0.05) is 13.1 Å². The molecule has 1 fully saturated rings. The first-order valence-electron chi connectivity index (χ1n) is 7.28. The molecule has 1 aromatic heterocycles. The Hall–Kier alpha value is -1.84. The molecule has 0 unspecified atom stereocenters. The SMILES string of the molecule is COC(=O)c1cccc(N=C2SC(=Cc3cc(Br)c(Br)o3)C(=O)N2C)c1. The van der Waals surface area contributed by atoms with E-state index in [-0.39, 0.29) is 5.91 Å². The molecule has 0 spiro atoms. The molecule has 0 atom stereocenters. The van der Waals surface area contributed by atoms with E-state index in [1.807, 2.05) is 0 Å². The molecule has 2 aromatic rings. The zero-order valence-electron chi connectivity index (χ0n) is 13.7. The molecule has 0 radical (unpaired) electrons. The summed E-state index contributed by atoms with van der Waals surface area (Å²) < 4.78 is 11.5. The summed E-state index contributed by atoms with van der Waals surface area (Å²) in [6.45, 7) is 0. The van der Waals surface area contributed by atoms with E-state index in [1.54, 1.807) is 43.5 Å². The monoisotopic (exact) mass is 498 g/mol. The van der Waals surface area contributed by atoms with Gasteiger partial charge in [0.2, 0.25) is 0 Å². The van der Waals surface area contributed by atoms with Gasteiger partial charge in [-0.1, -0.05) is 6.07 Å². The number of amidine groups is 1. The lowest BCUT2D eigenvalue weighted by molar-refractivity contribution is -0.121. The maximum atomic E-state index is 12.4. The molecule has 9 heteroatoms. The van der Waals surface area contributed by atoms with Gasteiger partial charge in [-0.2, -0.15) is 0 Å². The highest BCUT2D eigenvalue weighted by Gasteiger charge is 2.30. The Balaban J connectivity index is 1.89. The third-order valence-electron chi connectivity index (χ3n) is 3.43. The summed E-state index contributed by atoms with van der Waals surface area (Å²) in [5, 5.41) is 0.507. The summed E-state index contributed by atoms with van der Waals surface area (Å²) in [6, 6.07) is 8.48. The third kappa shape index (κ3) is 3.94. The number of halogens is 2.